The summed E-state index contributed by atoms with van der Waals surface area (Å²) in [5.41, 5.74) is 1.24. The second kappa shape index (κ2) is 4.76. The van der Waals surface area contributed by atoms with Gasteiger partial charge < -0.3 is 0 Å². The van der Waals surface area contributed by atoms with Gasteiger partial charge in [0, 0.05) is 9.13 Å². The zero-order chi connectivity index (χ0) is 14.7. The van der Waals surface area contributed by atoms with Gasteiger partial charge in [-0.3, -0.25) is 0 Å². The largest absolute Gasteiger partial charge is 0.204 e. The van der Waals surface area contributed by atoms with Crippen molar-refractivity contribution in [2.75, 3.05) is 0 Å². The average Bonchev–Trinajstić information content (AvgIpc) is 2.97. The minimum Gasteiger partial charge on any atom is -0.158 e. The molecule has 4 bridgehead atoms. The highest BCUT2D eigenvalue weighted by molar-refractivity contribution is 14.1. The molecule has 0 amide bonds. The molecule has 1 aromatic carbocycles. The van der Waals surface area contributed by atoms with Crippen molar-refractivity contribution >= 4 is 22.6 Å². The molecule has 2 aromatic rings. The first-order valence-electron chi connectivity index (χ1n) is 8.27. The van der Waals surface area contributed by atoms with Gasteiger partial charge in [0.25, 0.3) is 0 Å². The fourth-order valence-corrected chi connectivity index (χ4v) is 5.80. The fourth-order valence-electron chi connectivity index (χ4n) is 5.44. The first kappa shape index (κ1) is 13.5. The minimum absolute atomic E-state index is 0.170. The van der Waals surface area contributed by atoms with Crippen LogP contribution in [0.25, 0.3) is 11.4 Å². The van der Waals surface area contributed by atoms with E-state index in [0.717, 1.165) is 29.1 Å². The van der Waals surface area contributed by atoms with Crippen molar-refractivity contribution in [1.82, 2.24) is 20.2 Å². The monoisotopic (exact) mass is 406 g/mol. The molecule has 4 fully saturated rings. The molecule has 0 aliphatic heterocycles. The summed E-state index contributed by atoms with van der Waals surface area (Å²) in [6.45, 7) is 0. The maximum absolute atomic E-state index is 4.79. The number of aromatic nitrogens is 4. The van der Waals surface area contributed by atoms with Gasteiger partial charge >= 0.3 is 0 Å². The van der Waals surface area contributed by atoms with Crippen molar-refractivity contribution < 1.29 is 0 Å². The van der Waals surface area contributed by atoms with Gasteiger partial charge in [0.15, 0.2) is 0 Å². The second-order valence-corrected chi connectivity index (χ2v) is 8.80. The molecule has 0 spiro atoms. The van der Waals surface area contributed by atoms with E-state index in [1.54, 1.807) is 0 Å². The Balaban J connectivity index is 1.50. The molecular weight excluding hydrogens is 387 g/mol. The van der Waals surface area contributed by atoms with Crippen molar-refractivity contribution in [2.24, 2.45) is 17.8 Å². The lowest BCUT2D eigenvalue weighted by Crippen LogP contribution is -2.52. The number of benzene rings is 1. The molecule has 22 heavy (non-hydrogen) atoms. The van der Waals surface area contributed by atoms with Crippen LogP contribution in [0.1, 0.15) is 38.5 Å². The first-order chi connectivity index (χ1) is 10.7. The maximum Gasteiger partial charge on any atom is 0.204 e. The number of halogens is 1. The highest BCUT2D eigenvalue weighted by Gasteiger charge is 2.53. The molecule has 0 unspecified atom stereocenters. The third kappa shape index (κ3) is 2.04. The lowest BCUT2D eigenvalue weighted by molar-refractivity contribution is -0.0573. The van der Waals surface area contributed by atoms with Gasteiger partial charge in [-0.05, 0) is 96.2 Å². The molecule has 4 aliphatic carbocycles. The smallest absolute Gasteiger partial charge is 0.158 e. The van der Waals surface area contributed by atoms with Crippen LogP contribution in [0.5, 0.6) is 0 Å². The molecule has 114 valence electrons. The van der Waals surface area contributed by atoms with Gasteiger partial charge in [0.05, 0.1) is 5.54 Å². The van der Waals surface area contributed by atoms with Crippen LogP contribution in [0.2, 0.25) is 0 Å². The van der Waals surface area contributed by atoms with Gasteiger partial charge in [-0.2, -0.15) is 4.80 Å². The Labute approximate surface area is 143 Å². The van der Waals surface area contributed by atoms with Crippen LogP contribution in [-0.4, -0.2) is 20.2 Å². The summed E-state index contributed by atoms with van der Waals surface area (Å²) in [7, 11) is 0. The van der Waals surface area contributed by atoms with Crippen LogP contribution >= 0.6 is 22.6 Å². The van der Waals surface area contributed by atoms with E-state index in [2.05, 4.69) is 57.2 Å². The summed E-state index contributed by atoms with van der Waals surface area (Å²) < 4.78 is 1.23. The number of hydrogen-bond donors (Lipinski definition) is 0. The maximum atomic E-state index is 4.79. The lowest BCUT2D eigenvalue weighted by Gasteiger charge is -2.55. The number of tetrazole rings is 1. The third-order valence-electron chi connectivity index (χ3n) is 5.95. The average molecular weight is 406 g/mol. The minimum atomic E-state index is 0.170. The summed E-state index contributed by atoms with van der Waals surface area (Å²) in [6, 6.07) is 8.37. The third-order valence-corrected chi connectivity index (χ3v) is 6.67. The number of hydrogen-bond acceptors (Lipinski definition) is 3. The van der Waals surface area contributed by atoms with E-state index in [9.17, 15) is 0 Å². The molecule has 0 radical (unpaired) electrons. The molecule has 1 aromatic heterocycles. The van der Waals surface area contributed by atoms with Crippen molar-refractivity contribution in [1.29, 1.82) is 0 Å². The standard InChI is InChI=1S/C17H19IN4/c18-15-3-1-14(2-4-15)16-19-21-22(20-16)17-8-11-5-12(9-17)7-13(6-11)10-17/h1-4,11-13H,5-10H2. The van der Waals surface area contributed by atoms with E-state index in [1.807, 2.05) is 4.80 Å². The number of nitrogens with zero attached hydrogens (tertiary/aromatic N) is 4. The van der Waals surface area contributed by atoms with E-state index in [1.165, 1.54) is 42.1 Å². The van der Waals surface area contributed by atoms with Crippen molar-refractivity contribution in [3.63, 3.8) is 0 Å². The molecule has 5 heteroatoms. The summed E-state index contributed by atoms with van der Waals surface area (Å²) >= 11 is 2.32. The van der Waals surface area contributed by atoms with Gasteiger partial charge in [-0.1, -0.05) is 12.1 Å². The molecule has 4 aliphatic rings. The highest BCUT2D eigenvalue weighted by atomic mass is 127. The molecule has 1 heterocycles. The Morgan fingerprint density at radius 3 is 2.14 bits per heavy atom. The summed E-state index contributed by atoms with van der Waals surface area (Å²) in [5.74, 6) is 3.48. The lowest BCUT2D eigenvalue weighted by atomic mass is 9.53. The molecule has 4 nitrogen and oxygen atoms in total. The molecule has 0 atom stereocenters. The predicted octanol–water partition coefficient (Wildman–Crippen LogP) is 3.87. The van der Waals surface area contributed by atoms with Crippen molar-refractivity contribution in [3.8, 4) is 11.4 Å². The van der Waals surface area contributed by atoms with E-state index < -0.39 is 0 Å². The van der Waals surface area contributed by atoms with Gasteiger partial charge in [0.2, 0.25) is 5.82 Å². The van der Waals surface area contributed by atoms with Crippen LogP contribution in [0.3, 0.4) is 0 Å². The van der Waals surface area contributed by atoms with E-state index in [4.69, 9.17) is 5.10 Å². The van der Waals surface area contributed by atoms with Crippen molar-refractivity contribution in [2.45, 2.75) is 44.1 Å². The quantitative estimate of drug-likeness (QED) is 0.712. The van der Waals surface area contributed by atoms with E-state index in [0.29, 0.717) is 0 Å². The van der Waals surface area contributed by atoms with Crippen molar-refractivity contribution in [3.05, 3.63) is 27.8 Å². The Morgan fingerprint density at radius 2 is 1.55 bits per heavy atom. The van der Waals surface area contributed by atoms with Crippen LogP contribution < -0.4 is 0 Å². The van der Waals surface area contributed by atoms with E-state index in [-0.39, 0.29) is 5.54 Å². The topological polar surface area (TPSA) is 43.6 Å². The van der Waals surface area contributed by atoms with Crippen LogP contribution in [0, 0.1) is 21.3 Å². The highest BCUT2D eigenvalue weighted by Crippen LogP contribution is 2.58. The van der Waals surface area contributed by atoms with E-state index >= 15 is 0 Å². The zero-order valence-electron chi connectivity index (χ0n) is 12.5. The zero-order valence-corrected chi connectivity index (χ0v) is 14.6. The van der Waals surface area contributed by atoms with Gasteiger partial charge in [-0.25, -0.2) is 0 Å². The summed E-state index contributed by atoms with van der Waals surface area (Å²) in [4.78, 5) is 1.99. The van der Waals surface area contributed by atoms with Crippen LogP contribution in [0.15, 0.2) is 24.3 Å². The van der Waals surface area contributed by atoms with Gasteiger partial charge in [-0.15, -0.1) is 10.2 Å². The Morgan fingerprint density at radius 1 is 0.955 bits per heavy atom. The SMILES string of the molecule is Ic1ccc(-c2nnn(C34CC5CC(CC(C5)C3)C4)n2)cc1. The predicted molar refractivity (Wildman–Crippen MR) is 92.1 cm³/mol. The van der Waals surface area contributed by atoms with Crippen LogP contribution in [-0.2, 0) is 5.54 Å². The Bertz CT molecular complexity index is 670. The van der Waals surface area contributed by atoms with Gasteiger partial charge in [0.1, 0.15) is 0 Å². The normalized spacial score (nSPS) is 36.0. The number of rotatable bonds is 2. The molecular formula is C17H19IN4. The second-order valence-electron chi connectivity index (χ2n) is 7.55. The summed E-state index contributed by atoms with van der Waals surface area (Å²) in [5, 5.41) is 13.6. The molecule has 4 saturated carbocycles. The Hall–Kier alpha value is -0.980. The molecule has 0 N–H and O–H groups in total. The Kier molecular flexibility index (Phi) is 2.91. The van der Waals surface area contributed by atoms with Crippen LogP contribution in [0.4, 0.5) is 0 Å². The molecule has 0 saturated heterocycles. The fraction of sp³-hybridized carbons (Fsp3) is 0.588. The summed E-state index contributed by atoms with van der Waals surface area (Å²) in [6.07, 6.45) is 8.12. The first-order valence-corrected chi connectivity index (χ1v) is 9.34. The molecule has 6 rings (SSSR count).